The zero-order chi connectivity index (χ0) is 28.9. The second-order valence-electron chi connectivity index (χ2n) is 9.08. The predicted octanol–water partition coefficient (Wildman–Crippen LogP) is 5.55. The molecule has 1 aromatic heterocycles. The number of anilines is 2. The molecule has 0 bridgehead atoms. The van der Waals surface area contributed by atoms with E-state index in [1.54, 1.807) is 6.92 Å². The maximum absolute atomic E-state index is 14.1. The lowest BCUT2D eigenvalue weighted by atomic mass is 10.1. The number of carbonyl (C=O) groups excluding carboxylic acids is 3. The number of urea groups is 1. The second kappa shape index (κ2) is 13.8. The molecule has 14 heteroatoms. The van der Waals surface area contributed by atoms with Crippen LogP contribution in [0.3, 0.4) is 0 Å². The standard InChI is InChI=1S/C27H28F4N4O5.ClH/c1-2-40-25(37)23(34-11-13-39-14-12-34)9-10-24(36)35-16-21(20-15-18(28)5-8-22(20)35)33-26(38)32-19-6-3-17(4-7-19)27(29,30)31;/h3-8,15-16,23H,2,9-14H2,1H3,(H2,32,33,38);1H. The lowest BCUT2D eigenvalue weighted by Gasteiger charge is -2.32. The normalized spacial score (nSPS) is 14.7. The number of morpholine rings is 1. The zero-order valence-corrected chi connectivity index (χ0v) is 22.8. The van der Waals surface area contributed by atoms with Crippen LogP contribution in [0.1, 0.15) is 30.1 Å². The van der Waals surface area contributed by atoms with Gasteiger partial charge in [0.2, 0.25) is 5.91 Å². The first kappa shape index (κ1) is 31.8. The number of aromatic nitrogens is 1. The van der Waals surface area contributed by atoms with Crippen LogP contribution in [0.2, 0.25) is 0 Å². The number of fused-ring (bicyclic) bond motifs is 1. The molecule has 1 aliphatic rings. The van der Waals surface area contributed by atoms with Crippen LogP contribution in [0.25, 0.3) is 10.9 Å². The molecule has 1 fully saturated rings. The third-order valence-corrected chi connectivity index (χ3v) is 6.43. The van der Waals surface area contributed by atoms with Crippen LogP contribution in [-0.4, -0.2) is 66.3 Å². The number of halogens is 5. The Morgan fingerprint density at radius 3 is 2.37 bits per heavy atom. The predicted molar refractivity (Wildman–Crippen MR) is 146 cm³/mol. The summed E-state index contributed by atoms with van der Waals surface area (Å²) in [6.45, 7) is 3.86. The molecule has 0 spiro atoms. The van der Waals surface area contributed by atoms with Crippen molar-refractivity contribution >= 4 is 52.6 Å². The summed E-state index contributed by atoms with van der Waals surface area (Å²) < 4.78 is 64.3. The van der Waals surface area contributed by atoms with Crippen LogP contribution in [-0.2, 0) is 20.4 Å². The molecule has 0 radical (unpaired) electrons. The van der Waals surface area contributed by atoms with E-state index in [-0.39, 0.29) is 48.6 Å². The number of nitrogens with zero attached hydrogens (tertiary/aromatic N) is 2. The number of carbonyl (C=O) groups is 3. The van der Waals surface area contributed by atoms with Crippen molar-refractivity contribution in [3.05, 3.63) is 60.0 Å². The van der Waals surface area contributed by atoms with Crippen LogP contribution in [0.5, 0.6) is 0 Å². The van der Waals surface area contributed by atoms with Gasteiger partial charge in [0.1, 0.15) is 11.9 Å². The van der Waals surface area contributed by atoms with Gasteiger partial charge in [-0.15, -0.1) is 12.4 Å². The van der Waals surface area contributed by atoms with E-state index < -0.39 is 41.5 Å². The fraction of sp³-hybridized carbons (Fsp3) is 0.370. The number of benzene rings is 2. The van der Waals surface area contributed by atoms with Crippen molar-refractivity contribution in [3.63, 3.8) is 0 Å². The van der Waals surface area contributed by atoms with Gasteiger partial charge in [-0.05, 0) is 55.8 Å². The lowest BCUT2D eigenvalue weighted by molar-refractivity contribution is -0.151. The van der Waals surface area contributed by atoms with Gasteiger partial charge in [0.15, 0.2) is 0 Å². The van der Waals surface area contributed by atoms with E-state index in [0.29, 0.717) is 31.8 Å². The van der Waals surface area contributed by atoms with E-state index in [1.807, 2.05) is 4.90 Å². The minimum atomic E-state index is -4.52. The van der Waals surface area contributed by atoms with Crippen LogP contribution >= 0.6 is 12.4 Å². The highest BCUT2D eigenvalue weighted by atomic mass is 35.5. The monoisotopic (exact) mass is 600 g/mol. The Hall–Kier alpha value is -3.68. The van der Waals surface area contributed by atoms with E-state index in [4.69, 9.17) is 9.47 Å². The van der Waals surface area contributed by atoms with Crippen molar-refractivity contribution < 1.29 is 41.4 Å². The van der Waals surface area contributed by atoms with E-state index >= 15 is 0 Å². The fourth-order valence-corrected chi connectivity index (χ4v) is 4.49. The average molecular weight is 601 g/mol. The minimum absolute atomic E-state index is 0. The number of nitrogens with one attached hydrogen (secondary N) is 2. The SMILES string of the molecule is CCOC(=O)C(CCC(=O)n1cc(NC(=O)Nc2ccc(C(F)(F)F)cc2)c2cc(F)ccc21)N1CCOCC1.Cl. The summed E-state index contributed by atoms with van der Waals surface area (Å²) >= 11 is 0. The molecule has 222 valence electrons. The third kappa shape index (κ3) is 7.96. The number of hydrogen-bond donors (Lipinski definition) is 2. The van der Waals surface area contributed by atoms with Crippen LogP contribution < -0.4 is 10.6 Å². The largest absolute Gasteiger partial charge is 0.465 e. The molecule has 9 nitrogen and oxygen atoms in total. The first-order chi connectivity index (χ1) is 19.1. The van der Waals surface area contributed by atoms with Gasteiger partial charge in [-0.3, -0.25) is 19.1 Å². The maximum atomic E-state index is 14.1. The van der Waals surface area contributed by atoms with Crippen molar-refractivity contribution in [2.24, 2.45) is 0 Å². The van der Waals surface area contributed by atoms with Gasteiger partial charge in [0, 0.05) is 36.8 Å². The Kier molecular flexibility index (Phi) is 10.7. The van der Waals surface area contributed by atoms with Crippen molar-refractivity contribution in [1.82, 2.24) is 9.47 Å². The molecule has 0 aliphatic carbocycles. The highest BCUT2D eigenvalue weighted by Crippen LogP contribution is 2.30. The second-order valence-corrected chi connectivity index (χ2v) is 9.08. The quantitative estimate of drug-likeness (QED) is 0.260. The summed E-state index contributed by atoms with van der Waals surface area (Å²) in [7, 11) is 0. The number of ether oxygens (including phenoxy) is 2. The smallest absolute Gasteiger partial charge is 0.416 e. The van der Waals surface area contributed by atoms with E-state index in [9.17, 15) is 31.9 Å². The summed E-state index contributed by atoms with van der Waals surface area (Å²) in [5.74, 6) is -1.42. The van der Waals surface area contributed by atoms with Gasteiger partial charge in [0.05, 0.1) is 36.6 Å². The molecular formula is C27H29ClF4N4O5. The number of rotatable bonds is 8. The van der Waals surface area contributed by atoms with E-state index in [0.717, 1.165) is 30.3 Å². The first-order valence-electron chi connectivity index (χ1n) is 12.6. The lowest BCUT2D eigenvalue weighted by Crippen LogP contribution is -2.48. The Bertz CT molecular complexity index is 1370. The summed E-state index contributed by atoms with van der Waals surface area (Å²) in [5.41, 5.74) is -0.323. The van der Waals surface area contributed by atoms with E-state index in [1.165, 1.54) is 22.9 Å². The third-order valence-electron chi connectivity index (χ3n) is 6.43. The highest BCUT2D eigenvalue weighted by Gasteiger charge is 2.31. The molecule has 1 aliphatic heterocycles. The molecule has 2 amide bonds. The molecule has 41 heavy (non-hydrogen) atoms. The van der Waals surface area contributed by atoms with Gasteiger partial charge in [-0.2, -0.15) is 13.2 Å². The van der Waals surface area contributed by atoms with Gasteiger partial charge in [-0.1, -0.05) is 0 Å². The molecule has 2 heterocycles. The average Bonchev–Trinajstić information content (AvgIpc) is 3.26. The Morgan fingerprint density at radius 1 is 1.05 bits per heavy atom. The zero-order valence-electron chi connectivity index (χ0n) is 22.0. The molecule has 2 N–H and O–H groups in total. The van der Waals surface area contributed by atoms with Crippen LogP contribution in [0.15, 0.2) is 48.7 Å². The summed E-state index contributed by atoms with van der Waals surface area (Å²) in [6, 6.07) is 6.14. The molecule has 2 aromatic carbocycles. The number of alkyl halides is 3. The van der Waals surface area contributed by atoms with Gasteiger partial charge < -0.3 is 20.1 Å². The molecule has 4 rings (SSSR count). The Balaban J connectivity index is 0.00000462. The Labute approximate surface area is 239 Å². The summed E-state index contributed by atoms with van der Waals surface area (Å²) in [6.07, 6.45) is -3.04. The van der Waals surface area contributed by atoms with Crippen molar-refractivity contribution in [1.29, 1.82) is 0 Å². The molecule has 0 saturated carbocycles. The number of hydrogen-bond acceptors (Lipinski definition) is 6. The number of esters is 1. The van der Waals surface area contributed by atoms with Gasteiger partial charge in [0.25, 0.3) is 0 Å². The van der Waals surface area contributed by atoms with Crippen molar-refractivity contribution in [3.8, 4) is 0 Å². The summed E-state index contributed by atoms with van der Waals surface area (Å²) in [5, 5.41) is 5.18. The molecule has 1 saturated heterocycles. The minimum Gasteiger partial charge on any atom is -0.465 e. The van der Waals surface area contributed by atoms with Crippen LogP contribution in [0.4, 0.5) is 33.7 Å². The fourth-order valence-electron chi connectivity index (χ4n) is 4.49. The topological polar surface area (TPSA) is 102 Å². The summed E-state index contributed by atoms with van der Waals surface area (Å²) in [4.78, 5) is 40.4. The number of amides is 2. The molecule has 1 atom stereocenters. The molecule has 3 aromatic rings. The van der Waals surface area contributed by atoms with Gasteiger partial charge >= 0.3 is 18.2 Å². The van der Waals surface area contributed by atoms with Gasteiger partial charge in [-0.25, -0.2) is 9.18 Å². The first-order valence-corrected chi connectivity index (χ1v) is 12.6. The van der Waals surface area contributed by atoms with Crippen LogP contribution in [0, 0.1) is 5.82 Å². The molecular weight excluding hydrogens is 572 g/mol. The maximum Gasteiger partial charge on any atom is 0.416 e. The van der Waals surface area contributed by atoms with Crippen molar-refractivity contribution in [2.45, 2.75) is 32.0 Å². The molecule has 1 unspecified atom stereocenters. The van der Waals surface area contributed by atoms with Crippen molar-refractivity contribution in [2.75, 3.05) is 43.5 Å². The Morgan fingerprint density at radius 2 is 1.73 bits per heavy atom. The highest BCUT2D eigenvalue weighted by molar-refractivity contribution is 6.08. The van der Waals surface area contributed by atoms with E-state index in [2.05, 4.69) is 10.6 Å².